The molecule has 0 unspecified atom stereocenters. The number of nitrogens with zero attached hydrogens (tertiary/aromatic N) is 1. The lowest BCUT2D eigenvalue weighted by Gasteiger charge is -2.12. The summed E-state index contributed by atoms with van der Waals surface area (Å²) in [6.07, 6.45) is 2.54. The van der Waals surface area contributed by atoms with E-state index in [-0.39, 0.29) is 0 Å². The average Bonchev–Trinajstić information content (AvgIpc) is 3.22. The van der Waals surface area contributed by atoms with E-state index in [1.165, 1.54) is 23.6 Å². The summed E-state index contributed by atoms with van der Waals surface area (Å²) in [6, 6.07) is 11.3. The number of nitrogens with one attached hydrogen (secondary N) is 2. The number of fused-ring (bicyclic) bond motifs is 1. The average molecular weight is 269 g/mol. The minimum Gasteiger partial charge on any atom is -0.367 e. The van der Waals surface area contributed by atoms with Gasteiger partial charge in [0.05, 0.1) is 5.69 Å². The fraction of sp³-hybridized carbons (Fsp3) is 0.471. The molecule has 0 bridgehead atoms. The van der Waals surface area contributed by atoms with Crippen molar-refractivity contribution in [3.05, 3.63) is 36.0 Å². The summed E-state index contributed by atoms with van der Waals surface area (Å²) in [4.78, 5) is 4.80. The van der Waals surface area contributed by atoms with E-state index in [1.54, 1.807) is 0 Å². The van der Waals surface area contributed by atoms with E-state index in [9.17, 15) is 0 Å². The van der Waals surface area contributed by atoms with Gasteiger partial charge in [-0.2, -0.15) is 0 Å². The second-order valence-electron chi connectivity index (χ2n) is 6.13. The maximum atomic E-state index is 4.80. The van der Waals surface area contributed by atoms with Crippen molar-refractivity contribution < 1.29 is 0 Å². The van der Waals surface area contributed by atoms with E-state index >= 15 is 0 Å². The number of anilines is 1. The molecule has 2 N–H and O–H groups in total. The van der Waals surface area contributed by atoms with Crippen LogP contribution in [0.3, 0.4) is 0 Å². The standard InChI is InChI=1S/C17H23N3/c1-12(2)10-18-11-15-9-13-5-3-4-6-16(13)17(20-15)19-14-7-8-14/h3-6,9,12,14,18H,7-8,10-11H2,1-2H3,(H,19,20). The lowest BCUT2D eigenvalue weighted by Crippen LogP contribution is -2.20. The molecule has 3 rings (SSSR count). The van der Waals surface area contributed by atoms with Crippen molar-refractivity contribution in [1.82, 2.24) is 10.3 Å². The van der Waals surface area contributed by atoms with E-state index in [0.29, 0.717) is 12.0 Å². The highest BCUT2D eigenvalue weighted by Crippen LogP contribution is 2.28. The Balaban J connectivity index is 1.84. The largest absolute Gasteiger partial charge is 0.367 e. The third-order valence-corrected chi connectivity index (χ3v) is 3.57. The fourth-order valence-electron chi connectivity index (χ4n) is 2.36. The van der Waals surface area contributed by atoms with E-state index in [0.717, 1.165) is 24.6 Å². The Morgan fingerprint density at radius 1 is 1.25 bits per heavy atom. The van der Waals surface area contributed by atoms with Crippen LogP contribution in [-0.2, 0) is 6.54 Å². The van der Waals surface area contributed by atoms with Gasteiger partial charge >= 0.3 is 0 Å². The van der Waals surface area contributed by atoms with Crippen LogP contribution in [0, 0.1) is 5.92 Å². The van der Waals surface area contributed by atoms with Crippen molar-refractivity contribution in [2.75, 3.05) is 11.9 Å². The first kappa shape index (κ1) is 13.4. The van der Waals surface area contributed by atoms with E-state index in [4.69, 9.17) is 4.98 Å². The lowest BCUT2D eigenvalue weighted by atomic mass is 10.1. The smallest absolute Gasteiger partial charge is 0.134 e. The van der Waals surface area contributed by atoms with Crippen LogP contribution in [0.5, 0.6) is 0 Å². The summed E-state index contributed by atoms with van der Waals surface area (Å²) in [5, 5.41) is 9.53. The minimum atomic E-state index is 0.629. The minimum absolute atomic E-state index is 0.629. The van der Waals surface area contributed by atoms with Gasteiger partial charge in [0.2, 0.25) is 0 Å². The number of hydrogen-bond acceptors (Lipinski definition) is 3. The molecule has 0 saturated heterocycles. The SMILES string of the molecule is CC(C)CNCc1cc2ccccc2c(NC2CC2)n1. The molecular formula is C17H23N3. The molecule has 2 aromatic rings. The molecule has 3 nitrogen and oxygen atoms in total. The van der Waals surface area contributed by atoms with Gasteiger partial charge in [-0.1, -0.05) is 38.1 Å². The van der Waals surface area contributed by atoms with Crippen LogP contribution in [-0.4, -0.2) is 17.6 Å². The van der Waals surface area contributed by atoms with Crippen molar-refractivity contribution in [1.29, 1.82) is 0 Å². The van der Waals surface area contributed by atoms with Gasteiger partial charge in [-0.05, 0) is 36.8 Å². The van der Waals surface area contributed by atoms with Crippen molar-refractivity contribution in [2.45, 2.75) is 39.3 Å². The topological polar surface area (TPSA) is 37.0 Å². The van der Waals surface area contributed by atoms with E-state index in [2.05, 4.69) is 54.8 Å². The summed E-state index contributed by atoms with van der Waals surface area (Å²) in [6.45, 7) is 6.31. The molecule has 3 heteroatoms. The molecular weight excluding hydrogens is 246 g/mol. The zero-order valence-electron chi connectivity index (χ0n) is 12.3. The zero-order chi connectivity index (χ0) is 13.9. The maximum absolute atomic E-state index is 4.80. The van der Waals surface area contributed by atoms with Crippen LogP contribution in [0.1, 0.15) is 32.4 Å². The van der Waals surface area contributed by atoms with Crippen molar-refractivity contribution in [3.63, 3.8) is 0 Å². The molecule has 0 radical (unpaired) electrons. The highest BCUT2D eigenvalue weighted by Gasteiger charge is 2.22. The molecule has 1 aromatic heterocycles. The second-order valence-corrected chi connectivity index (χ2v) is 6.13. The summed E-state index contributed by atoms with van der Waals surface area (Å²) < 4.78 is 0. The molecule has 0 amide bonds. The maximum Gasteiger partial charge on any atom is 0.134 e. The first-order chi connectivity index (χ1) is 9.72. The summed E-state index contributed by atoms with van der Waals surface area (Å²) in [5.41, 5.74) is 1.12. The first-order valence-corrected chi connectivity index (χ1v) is 7.58. The Kier molecular flexibility index (Phi) is 3.88. The molecule has 1 saturated carbocycles. The third kappa shape index (κ3) is 3.28. The highest BCUT2D eigenvalue weighted by molar-refractivity contribution is 5.92. The molecule has 0 atom stereocenters. The van der Waals surface area contributed by atoms with Crippen molar-refractivity contribution in [2.24, 2.45) is 5.92 Å². The summed E-state index contributed by atoms with van der Waals surface area (Å²) in [7, 11) is 0. The normalized spacial score (nSPS) is 14.9. The van der Waals surface area contributed by atoms with Gasteiger partial charge in [-0.15, -0.1) is 0 Å². The van der Waals surface area contributed by atoms with E-state index in [1.807, 2.05) is 0 Å². The first-order valence-electron chi connectivity index (χ1n) is 7.58. The molecule has 1 aromatic carbocycles. The van der Waals surface area contributed by atoms with Gasteiger partial charge in [0.15, 0.2) is 0 Å². The quantitative estimate of drug-likeness (QED) is 0.842. The Morgan fingerprint density at radius 3 is 2.80 bits per heavy atom. The summed E-state index contributed by atoms with van der Waals surface area (Å²) >= 11 is 0. The summed E-state index contributed by atoms with van der Waals surface area (Å²) in [5.74, 6) is 1.71. The zero-order valence-corrected chi connectivity index (χ0v) is 12.3. The highest BCUT2D eigenvalue weighted by atomic mass is 15.0. The van der Waals surface area contributed by atoms with Gasteiger partial charge < -0.3 is 10.6 Å². The van der Waals surface area contributed by atoms with Gasteiger partial charge in [0.25, 0.3) is 0 Å². The van der Waals surface area contributed by atoms with Crippen LogP contribution in [0.15, 0.2) is 30.3 Å². The predicted molar refractivity (Wildman–Crippen MR) is 84.9 cm³/mol. The lowest BCUT2D eigenvalue weighted by molar-refractivity contribution is 0.548. The number of pyridine rings is 1. The third-order valence-electron chi connectivity index (χ3n) is 3.57. The van der Waals surface area contributed by atoms with Crippen LogP contribution in [0.25, 0.3) is 10.8 Å². The predicted octanol–water partition coefficient (Wildman–Crippen LogP) is 3.55. The van der Waals surface area contributed by atoms with Crippen molar-refractivity contribution in [3.8, 4) is 0 Å². The van der Waals surface area contributed by atoms with Crippen LogP contribution in [0.2, 0.25) is 0 Å². The van der Waals surface area contributed by atoms with Crippen molar-refractivity contribution >= 4 is 16.6 Å². The molecule has 106 valence electrons. The fourth-order valence-corrected chi connectivity index (χ4v) is 2.36. The molecule has 20 heavy (non-hydrogen) atoms. The Hall–Kier alpha value is -1.61. The Labute approximate surface area is 120 Å². The van der Waals surface area contributed by atoms with Crippen LogP contribution >= 0.6 is 0 Å². The molecule has 1 aliphatic carbocycles. The molecule has 1 aliphatic rings. The number of aromatic nitrogens is 1. The van der Waals surface area contributed by atoms with E-state index < -0.39 is 0 Å². The van der Waals surface area contributed by atoms with Gasteiger partial charge in [-0.3, -0.25) is 0 Å². The molecule has 0 spiro atoms. The Morgan fingerprint density at radius 2 is 2.05 bits per heavy atom. The molecule has 1 fully saturated rings. The molecule has 1 heterocycles. The number of hydrogen-bond donors (Lipinski definition) is 2. The Bertz CT molecular complexity index is 588. The monoisotopic (exact) mass is 269 g/mol. The van der Waals surface area contributed by atoms with Crippen LogP contribution in [0.4, 0.5) is 5.82 Å². The number of rotatable bonds is 6. The molecule has 0 aliphatic heterocycles. The van der Waals surface area contributed by atoms with Gasteiger partial charge in [0, 0.05) is 18.0 Å². The number of benzene rings is 1. The second kappa shape index (κ2) is 5.80. The van der Waals surface area contributed by atoms with Gasteiger partial charge in [-0.25, -0.2) is 4.98 Å². The van der Waals surface area contributed by atoms with Crippen LogP contribution < -0.4 is 10.6 Å². The van der Waals surface area contributed by atoms with Gasteiger partial charge in [0.1, 0.15) is 5.82 Å².